The fraction of sp³-hybridized carbons (Fsp3) is 0. The zero-order valence-corrected chi connectivity index (χ0v) is 22.6. The summed E-state index contributed by atoms with van der Waals surface area (Å²) in [5, 5.41) is 3.18. The zero-order chi connectivity index (χ0) is 25.9. The molecule has 0 saturated heterocycles. The molecule has 0 amide bonds. The lowest BCUT2D eigenvalue weighted by molar-refractivity contribution is 1.10. The van der Waals surface area contributed by atoms with Crippen molar-refractivity contribution < 1.29 is 0 Å². The van der Waals surface area contributed by atoms with E-state index in [1.807, 2.05) is 48.8 Å². The summed E-state index contributed by atoms with van der Waals surface area (Å²) in [6.07, 6.45) is 11.4. The summed E-state index contributed by atoms with van der Waals surface area (Å²) in [7, 11) is 0. The summed E-state index contributed by atoms with van der Waals surface area (Å²) in [6.45, 7) is 0. The molecule has 0 fully saturated rings. The van der Waals surface area contributed by atoms with Gasteiger partial charge in [-0.3, -0.25) is 9.97 Å². The van der Waals surface area contributed by atoms with Crippen LogP contribution in [0.15, 0.2) is 139 Å². The number of nitrogens with zero attached hydrogens (tertiary/aromatic N) is 4. The van der Waals surface area contributed by atoms with Crippen LogP contribution in [-0.2, 0) is 0 Å². The van der Waals surface area contributed by atoms with Crippen molar-refractivity contribution in [2.75, 3.05) is 0 Å². The molecule has 0 saturated carbocycles. The van der Waals surface area contributed by atoms with E-state index in [9.17, 15) is 0 Å². The Bertz CT molecular complexity index is 1830. The molecule has 0 aliphatic carbocycles. The van der Waals surface area contributed by atoms with Gasteiger partial charge < -0.3 is 9.13 Å². The van der Waals surface area contributed by atoms with Gasteiger partial charge in [0.2, 0.25) is 0 Å². The average Bonchev–Trinajstić information content (AvgIpc) is 3.58. The Morgan fingerprint density at radius 3 is 1.71 bits per heavy atom. The molecule has 0 aliphatic rings. The molecule has 6 heteroatoms. The largest absolute Gasteiger partial charge is 0.315 e. The molecule has 0 radical (unpaired) electrons. The summed E-state index contributed by atoms with van der Waals surface area (Å²) in [6, 6.07) is 32.9. The quantitative estimate of drug-likeness (QED) is 0.210. The van der Waals surface area contributed by atoms with E-state index >= 15 is 0 Å². The molecule has 0 bridgehead atoms. The standard InChI is InChI=1S/C19H13ClN2.C13H9BrN2/c20-17-6-3-14(4-7-17)15-5-8-19-16(12-15)9-11-22(19)18-2-1-10-21-13-18;14-11-3-4-13-10(8-11)5-7-16(13)12-2-1-6-15-9-12/h1-13H;1-9H. The van der Waals surface area contributed by atoms with E-state index in [1.54, 1.807) is 12.4 Å². The fourth-order valence-electron chi connectivity index (χ4n) is 4.52. The Morgan fingerprint density at radius 2 is 1.13 bits per heavy atom. The Morgan fingerprint density at radius 1 is 0.579 bits per heavy atom. The number of hydrogen-bond donors (Lipinski definition) is 0. The first-order valence-electron chi connectivity index (χ1n) is 12.1. The maximum Gasteiger partial charge on any atom is 0.0639 e. The second-order valence-electron chi connectivity index (χ2n) is 8.78. The normalized spacial score (nSPS) is 10.9. The molecule has 0 aliphatic heterocycles. The van der Waals surface area contributed by atoms with Crippen LogP contribution in [-0.4, -0.2) is 19.1 Å². The number of hydrogen-bond acceptors (Lipinski definition) is 2. The van der Waals surface area contributed by atoms with Crippen LogP contribution < -0.4 is 0 Å². The SMILES string of the molecule is Brc1ccc2c(ccn2-c2cccnc2)c1.Clc1ccc(-c2ccc3c(ccn3-c3cccnc3)c2)cc1. The van der Waals surface area contributed by atoms with Crippen molar-refractivity contribution >= 4 is 49.3 Å². The molecule has 7 rings (SSSR count). The van der Waals surface area contributed by atoms with Gasteiger partial charge in [0.25, 0.3) is 0 Å². The van der Waals surface area contributed by atoms with E-state index in [1.165, 1.54) is 32.9 Å². The van der Waals surface area contributed by atoms with Crippen molar-refractivity contribution in [3.05, 3.63) is 144 Å². The van der Waals surface area contributed by atoms with Crippen molar-refractivity contribution in [2.24, 2.45) is 0 Å². The van der Waals surface area contributed by atoms with Crippen LogP contribution >= 0.6 is 27.5 Å². The topological polar surface area (TPSA) is 35.6 Å². The molecule has 4 heterocycles. The van der Waals surface area contributed by atoms with E-state index in [4.69, 9.17) is 11.6 Å². The van der Waals surface area contributed by atoms with Crippen LogP contribution in [0.3, 0.4) is 0 Å². The fourth-order valence-corrected chi connectivity index (χ4v) is 5.03. The third kappa shape index (κ3) is 4.99. The molecule has 4 nitrogen and oxygen atoms in total. The molecular weight excluding hydrogens is 556 g/mol. The van der Waals surface area contributed by atoms with Gasteiger partial charge in [0, 0.05) is 45.1 Å². The Hall–Kier alpha value is -4.19. The van der Waals surface area contributed by atoms with Gasteiger partial charge in [-0.25, -0.2) is 0 Å². The third-order valence-corrected chi connectivity index (χ3v) is 7.11. The number of halogens is 2. The Labute approximate surface area is 233 Å². The second kappa shape index (κ2) is 10.7. The number of aromatic nitrogens is 4. The number of rotatable bonds is 3. The Kier molecular flexibility index (Phi) is 6.78. The van der Waals surface area contributed by atoms with E-state index in [2.05, 4.69) is 108 Å². The highest BCUT2D eigenvalue weighted by molar-refractivity contribution is 9.10. The summed E-state index contributed by atoms with van der Waals surface area (Å²) in [4.78, 5) is 8.32. The molecule has 7 aromatic rings. The van der Waals surface area contributed by atoms with Gasteiger partial charge in [0.05, 0.1) is 34.8 Å². The Balaban J connectivity index is 0.000000146. The summed E-state index contributed by atoms with van der Waals surface area (Å²) in [5.41, 5.74) is 6.87. The van der Waals surface area contributed by atoms with Crippen molar-refractivity contribution in [3.63, 3.8) is 0 Å². The van der Waals surface area contributed by atoms with E-state index in [0.717, 1.165) is 20.9 Å². The summed E-state index contributed by atoms with van der Waals surface area (Å²) in [5.74, 6) is 0. The van der Waals surface area contributed by atoms with E-state index < -0.39 is 0 Å². The van der Waals surface area contributed by atoms with Crippen LogP contribution in [0.4, 0.5) is 0 Å². The number of pyridine rings is 2. The number of fused-ring (bicyclic) bond motifs is 2. The lowest BCUT2D eigenvalue weighted by Crippen LogP contribution is -1.91. The predicted octanol–water partition coefficient (Wildman–Crippen LogP) is 9.13. The highest BCUT2D eigenvalue weighted by Crippen LogP contribution is 2.28. The molecule has 0 unspecified atom stereocenters. The molecule has 0 atom stereocenters. The van der Waals surface area contributed by atoms with E-state index in [-0.39, 0.29) is 0 Å². The predicted molar refractivity (Wildman–Crippen MR) is 160 cm³/mol. The van der Waals surface area contributed by atoms with Gasteiger partial charge in [-0.15, -0.1) is 0 Å². The van der Waals surface area contributed by atoms with Gasteiger partial charge in [-0.2, -0.15) is 0 Å². The van der Waals surface area contributed by atoms with Crippen LogP contribution in [0.5, 0.6) is 0 Å². The molecule has 0 spiro atoms. The molecule has 3 aromatic carbocycles. The van der Waals surface area contributed by atoms with Crippen molar-refractivity contribution in [3.8, 4) is 22.5 Å². The lowest BCUT2D eigenvalue weighted by Gasteiger charge is -2.06. The van der Waals surface area contributed by atoms with Gasteiger partial charge in [0.1, 0.15) is 0 Å². The van der Waals surface area contributed by atoms with Gasteiger partial charge in [-0.1, -0.05) is 45.7 Å². The second-order valence-corrected chi connectivity index (χ2v) is 10.1. The first-order valence-corrected chi connectivity index (χ1v) is 13.3. The minimum atomic E-state index is 0.757. The maximum absolute atomic E-state index is 5.96. The monoisotopic (exact) mass is 576 g/mol. The van der Waals surface area contributed by atoms with Crippen LogP contribution in [0.2, 0.25) is 5.02 Å². The molecule has 38 heavy (non-hydrogen) atoms. The molecular formula is C32H22BrClN4. The average molecular weight is 578 g/mol. The lowest BCUT2D eigenvalue weighted by atomic mass is 10.0. The van der Waals surface area contributed by atoms with Crippen LogP contribution in [0.25, 0.3) is 44.3 Å². The van der Waals surface area contributed by atoms with E-state index in [0.29, 0.717) is 0 Å². The highest BCUT2D eigenvalue weighted by atomic mass is 79.9. The van der Waals surface area contributed by atoms with Gasteiger partial charge in [0.15, 0.2) is 0 Å². The van der Waals surface area contributed by atoms with Crippen molar-refractivity contribution in [1.82, 2.24) is 19.1 Å². The van der Waals surface area contributed by atoms with Crippen molar-refractivity contribution in [1.29, 1.82) is 0 Å². The van der Waals surface area contributed by atoms with Crippen molar-refractivity contribution in [2.45, 2.75) is 0 Å². The minimum Gasteiger partial charge on any atom is -0.315 e. The molecule has 184 valence electrons. The maximum atomic E-state index is 5.96. The third-order valence-electron chi connectivity index (χ3n) is 6.37. The molecule has 4 aromatic heterocycles. The van der Waals surface area contributed by atoms with Crippen LogP contribution in [0.1, 0.15) is 0 Å². The summed E-state index contributed by atoms with van der Waals surface area (Å²) >= 11 is 9.43. The van der Waals surface area contributed by atoms with Crippen LogP contribution in [0, 0.1) is 0 Å². The smallest absolute Gasteiger partial charge is 0.0639 e. The molecule has 0 N–H and O–H groups in total. The summed E-state index contributed by atoms with van der Waals surface area (Å²) < 4.78 is 5.38. The zero-order valence-electron chi connectivity index (χ0n) is 20.2. The van der Waals surface area contributed by atoms with Gasteiger partial charge >= 0.3 is 0 Å². The number of benzene rings is 3. The van der Waals surface area contributed by atoms with Gasteiger partial charge in [-0.05, 0) is 90.0 Å². The minimum absolute atomic E-state index is 0.757. The first-order chi connectivity index (χ1) is 18.7. The first kappa shape index (κ1) is 24.2. The highest BCUT2D eigenvalue weighted by Gasteiger charge is 2.06.